The largest absolute Gasteiger partial charge is 0.461 e. The van der Waals surface area contributed by atoms with Gasteiger partial charge >= 0.3 is 5.97 Å². The number of nitrogens with one attached hydrogen (secondary N) is 6. The molecule has 4 aromatic rings. The molecule has 0 unspecified atom stereocenters. The third-order valence-electron chi connectivity index (χ3n) is 12.2. The maximum Gasteiger partial charge on any atom is 0.302 e. The van der Waals surface area contributed by atoms with Gasteiger partial charge in [0.15, 0.2) is 0 Å². The molecule has 8 atom stereocenters. The van der Waals surface area contributed by atoms with E-state index in [0.717, 1.165) is 0 Å². The first kappa shape index (κ1) is 45.1. The Hall–Kier alpha value is -5.42. The van der Waals surface area contributed by atoms with E-state index in [4.69, 9.17) is 4.74 Å². The highest BCUT2D eigenvalue weighted by molar-refractivity contribution is 5.97. The average molecular weight is 851 g/mol. The first-order valence-electron chi connectivity index (χ1n) is 21.0. The number of carbonyl (C=O) groups excluding carboxylic acids is 5. The minimum Gasteiger partial charge on any atom is -0.461 e. The highest BCUT2D eigenvalue weighted by atomic mass is 19.1. The predicted molar refractivity (Wildman–Crippen MR) is 225 cm³/mol. The fraction of sp³-hybridized carbons (Fsp3) is 0.523. The van der Waals surface area contributed by atoms with Crippen molar-refractivity contribution in [2.75, 3.05) is 27.2 Å². The van der Waals surface area contributed by atoms with Gasteiger partial charge in [-0.2, -0.15) is 0 Å². The van der Waals surface area contributed by atoms with Gasteiger partial charge < -0.3 is 45.8 Å². The molecule has 6 rings (SSSR count). The second kappa shape index (κ2) is 19.1. The number of likely N-dealkylation sites (N-methyl/N-ethyl adjacent to an activating group) is 2. The van der Waals surface area contributed by atoms with Crippen LogP contribution in [-0.4, -0.2) is 125 Å². The molecule has 0 aliphatic carbocycles. The van der Waals surface area contributed by atoms with E-state index in [2.05, 4.69) is 31.2 Å². The lowest BCUT2D eigenvalue weighted by Crippen LogP contribution is -2.53. The number of hydrogen-bond acceptors (Lipinski definition) is 8. The Bertz CT molecular complexity index is 2280. The van der Waals surface area contributed by atoms with Crippen molar-refractivity contribution in [1.29, 1.82) is 0 Å². The van der Waals surface area contributed by atoms with Crippen LogP contribution in [0.1, 0.15) is 71.4 Å². The molecule has 14 nitrogen and oxygen atoms in total. The number of carbonyl (C=O) groups is 5. The molecule has 2 aliphatic heterocycles. The number of aromatic amines is 2. The Morgan fingerprint density at radius 2 is 1.18 bits per heavy atom. The normalized spacial score (nSPS) is 21.1. The van der Waals surface area contributed by atoms with Gasteiger partial charge in [0, 0.05) is 53.7 Å². The van der Waals surface area contributed by atoms with Crippen molar-refractivity contribution in [3.05, 3.63) is 59.2 Å². The quantitative estimate of drug-likeness (QED) is 0.0911. The van der Waals surface area contributed by atoms with Crippen molar-refractivity contribution in [2.24, 2.45) is 0 Å². The van der Waals surface area contributed by atoms with Crippen LogP contribution in [0.25, 0.3) is 33.2 Å². The van der Waals surface area contributed by atoms with Gasteiger partial charge in [0.2, 0.25) is 23.6 Å². The van der Waals surface area contributed by atoms with Gasteiger partial charge in [-0.05, 0) is 101 Å². The van der Waals surface area contributed by atoms with Gasteiger partial charge in [-0.15, -0.1) is 0 Å². The average Bonchev–Trinajstić information content (AvgIpc) is 4.00. The van der Waals surface area contributed by atoms with E-state index in [1.54, 1.807) is 58.8 Å². The third-order valence-corrected chi connectivity index (χ3v) is 12.2. The second-order valence-electron chi connectivity index (χ2n) is 16.3. The maximum absolute atomic E-state index is 15.4. The molecular formula is C44H57F3N8O6. The third kappa shape index (κ3) is 9.72. The number of amides is 4. The number of hydrogen-bond donors (Lipinski definition) is 6. The van der Waals surface area contributed by atoms with Crippen LogP contribution >= 0.6 is 0 Å². The summed E-state index contributed by atoms with van der Waals surface area (Å²) in [5.41, 5.74) is 3.27. The van der Waals surface area contributed by atoms with Gasteiger partial charge in [-0.1, -0.05) is 13.8 Å². The summed E-state index contributed by atoms with van der Waals surface area (Å²) in [6, 6.07) is 4.59. The first-order valence-corrected chi connectivity index (χ1v) is 21.0. The van der Waals surface area contributed by atoms with Gasteiger partial charge in [0.1, 0.15) is 36.0 Å². The molecule has 61 heavy (non-hydrogen) atoms. The standard InChI is InChI=1S/C44H57F3N8O6/c1-8-35(52-41(57)22(3)48-6)43(59)54-20-27(47)14-28(54)18-33-31-12-10-25(45)15-37(31)50-39(33)40-34(32-13-11-26(46)16-38(32)51-40)19-29-17-30(61-24(5)56)21-55(29)44(60)36(9-2)53-42(58)23(4)49-7/h10-13,15-16,22-23,27-30,35-36,48-51H,8-9,14,17-21H2,1-7H3,(H,52,57)(H,53,58)/t22-,23-,27-,28-,29-,30-,35-,36-/m0/s1. The van der Waals surface area contributed by atoms with E-state index < -0.39 is 72.0 Å². The van der Waals surface area contributed by atoms with Crippen LogP contribution in [0.4, 0.5) is 13.2 Å². The van der Waals surface area contributed by atoms with E-state index in [9.17, 15) is 32.8 Å². The van der Waals surface area contributed by atoms with Crippen molar-refractivity contribution in [1.82, 2.24) is 41.0 Å². The summed E-state index contributed by atoms with van der Waals surface area (Å²) in [6.07, 6.45) is -0.715. The summed E-state index contributed by atoms with van der Waals surface area (Å²) >= 11 is 0. The molecular weight excluding hydrogens is 794 g/mol. The van der Waals surface area contributed by atoms with Gasteiger partial charge in [0.05, 0.1) is 36.6 Å². The number of H-pyrrole nitrogens is 2. The number of halogens is 3. The maximum atomic E-state index is 15.4. The lowest BCUT2D eigenvalue weighted by Gasteiger charge is -2.30. The Kier molecular flexibility index (Phi) is 14.1. The summed E-state index contributed by atoms with van der Waals surface area (Å²) in [6.45, 7) is 8.14. The monoisotopic (exact) mass is 850 g/mol. The van der Waals surface area contributed by atoms with Crippen molar-refractivity contribution < 1.29 is 41.9 Å². The van der Waals surface area contributed by atoms with Gasteiger partial charge in [0.25, 0.3) is 0 Å². The van der Waals surface area contributed by atoms with Crippen LogP contribution in [0.5, 0.6) is 0 Å². The molecule has 2 saturated heterocycles. The Morgan fingerprint density at radius 1 is 0.738 bits per heavy atom. The van der Waals surface area contributed by atoms with Crippen LogP contribution in [0, 0.1) is 11.6 Å². The minimum absolute atomic E-state index is 0.0278. The number of rotatable bonds is 16. The highest BCUT2D eigenvalue weighted by Crippen LogP contribution is 2.40. The fourth-order valence-corrected chi connectivity index (χ4v) is 8.69. The lowest BCUT2D eigenvalue weighted by molar-refractivity contribution is -0.146. The molecule has 4 amide bonds. The Balaban J connectivity index is 1.42. The zero-order valence-corrected chi connectivity index (χ0v) is 35.7. The molecule has 2 fully saturated rings. The number of esters is 1. The second-order valence-corrected chi connectivity index (χ2v) is 16.3. The van der Waals surface area contributed by atoms with Crippen LogP contribution in [0.2, 0.25) is 0 Å². The SMILES string of the molecule is CC[C@H](NC(=O)[C@H](C)NC)C(=O)N1C[C@@H](F)C[C@H]1Cc1c(-c2[nH]c3cc(F)ccc3c2C[C@@H]2C[C@H](OC(C)=O)CN2C(=O)[C@H](CC)NC(=O)[C@H](C)NC)[nH]c2cc(F)ccc12. The highest BCUT2D eigenvalue weighted by Gasteiger charge is 2.42. The van der Waals surface area contributed by atoms with Gasteiger partial charge in [-0.3, -0.25) is 24.0 Å². The molecule has 0 radical (unpaired) electrons. The number of fused-ring (bicyclic) bond motifs is 2. The molecule has 0 saturated carbocycles. The number of ether oxygens (including phenoxy) is 1. The van der Waals surface area contributed by atoms with Crippen LogP contribution in [0.3, 0.4) is 0 Å². The number of benzene rings is 2. The van der Waals surface area contributed by atoms with Gasteiger partial charge in [-0.25, -0.2) is 13.2 Å². The van der Waals surface area contributed by atoms with E-state index in [1.165, 1.54) is 36.1 Å². The Labute approximate surface area is 353 Å². The molecule has 4 heterocycles. The molecule has 2 aliphatic rings. The fourth-order valence-electron chi connectivity index (χ4n) is 8.69. The Morgan fingerprint density at radius 3 is 1.61 bits per heavy atom. The smallest absolute Gasteiger partial charge is 0.302 e. The van der Waals surface area contributed by atoms with Crippen LogP contribution in [0.15, 0.2) is 36.4 Å². The summed E-state index contributed by atoms with van der Waals surface area (Å²) in [5, 5.41) is 12.7. The first-order chi connectivity index (χ1) is 29.1. The number of alkyl halides is 1. The topological polar surface area (TPSA) is 181 Å². The molecule has 0 spiro atoms. The zero-order chi connectivity index (χ0) is 44.3. The summed E-state index contributed by atoms with van der Waals surface area (Å²) in [5.74, 6) is -2.96. The van der Waals surface area contributed by atoms with Crippen LogP contribution < -0.4 is 21.3 Å². The molecule has 17 heteroatoms. The van der Waals surface area contributed by atoms with E-state index in [1.807, 2.05) is 0 Å². The van der Waals surface area contributed by atoms with Crippen molar-refractivity contribution in [3.63, 3.8) is 0 Å². The molecule has 0 bridgehead atoms. The van der Waals surface area contributed by atoms with E-state index >= 15 is 4.39 Å². The van der Waals surface area contributed by atoms with Crippen molar-refractivity contribution >= 4 is 51.4 Å². The summed E-state index contributed by atoms with van der Waals surface area (Å²) in [7, 11) is 3.28. The minimum atomic E-state index is -1.33. The molecule has 330 valence electrons. The molecule has 6 N–H and O–H groups in total. The van der Waals surface area contributed by atoms with Crippen LogP contribution in [-0.2, 0) is 41.6 Å². The van der Waals surface area contributed by atoms with E-state index in [0.29, 0.717) is 50.7 Å². The number of likely N-dealkylation sites (tertiary alicyclic amines) is 2. The lowest BCUT2D eigenvalue weighted by atomic mass is 9.94. The van der Waals surface area contributed by atoms with E-state index in [-0.39, 0.29) is 62.9 Å². The molecule has 2 aromatic carbocycles. The molecule has 2 aromatic heterocycles. The van der Waals surface area contributed by atoms with Crippen molar-refractivity contribution in [2.45, 2.75) is 122 Å². The van der Waals surface area contributed by atoms with Crippen molar-refractivity contribution in [3.8, 4) is 11.4 Å². The number of aromatic nitrogens is 2. The number of nitrogens with zero attached hydrogens (tertiary/aromatic N) is 2. The summed E-state index contributed by atoms with van der Waals surface area (Å²) in [4.78, 5) is 76.1. The predicted octanol–water partition coefficient (Wildman–Crippen LogP) is 4.16. The zero-order valence-electron chi connectivity index (χ0n) is 35.7. The summed E-state index contributed by atoms with van der Waals surface area (Å²) < 4.78 is 50.8.